The van der Waals surface area contributed by atoms with Gasteiger partial charge in [-0.1, -0.05) is 18.9 Å². The van der Waals surface area contributed by atoms with Gasteiger partial charge in [-0.2, -0.15) is 0 Å². The topological polar surface area (TPSA) is 108 Å². The number of fused-ring (bicyclic) bond motifs is 1. The number of nitrogens with zero attached hydrogens (tertiary/aromatic N) is 1. The van der Waals surface area contributed by atoms with Crippen LogP contribution in [0.4, 0.5) is 5.69 Å². The number of hydrogen-bond donors (Lipinski definition) is 4. The summed E-state index contributed by atoms with van der Waals surface area (Å²) in [5.74, 6) is -0.385. The van der Waals surface area contributed by atoms with Gasteiger partial charge in [0.1, 0.15) is 0 Å². The second-order valence-electron chi connectivity index (χ2n) is 5.62. The molecule has 0 aliphatic heterocycles. The summed E-state index contributed by atoms with van der Waals surface area (Å²) in [5.41, 5.74) is 6.43. The lowest BCUT2D eigenvalue weighted by molar-refractivity contribution is -0.119. The predicted molar refractivity (Wildman–Crippen MR) is 91.8 cm³/mol. The Labute approximate surface area is 135 Å². The number of pyridine rings is 1. The highest BCUT2D eigenvalue weighted by atomic mass is 16.4. The third kappa shape index (κ3) is 5.31. The van der Waals surface area contributed by atoms with E-state index < -0.39 is 7.12 Å². The van der Waals surface area contributed by atoms with Crippen LogP contribution in [0, 0.1) is 5.92 Å². The molecule has 1 amide bonds. The van der Waals surface area contributed by atoms with E-state index in [2.05, 4.69) is 10.3 Å². The molecule has 0 aliphatic carbocycles. The average molecular weight is 315 g/mol. The first-order chi connectivity index (χ1) is 11.1. The van der Waals surface area contributed by atoms with Crippen molar-refractivity contribution in [3.8, 4) is 0 Å². The highest BCUT2D eigenvalue weighted by Crippen LogP contribution is 2.19. The molecule has 0 bridgehead atoms. The Morgan fingerprint density at radius 2 is 2.09 bits per heavy atom. The number of carbonyl (C=O) groups excluding carboxylic acids is 1. The van der Waals surface area contributed by atoms with E-state index >= 15 is 0 Å². The lowest BCUT2D eigenvalue weighted by atomic mass is 9.83. The first-order valence-electron chi connectivity index (χ1n) is 7.81. The number of anilines is 1. The van der Waals surface area contributed by atoms with E-state index in [-0.39, 0.29) is 18.4 Å². The Kier molecular flexibility index (Phi) is 6.52. The van der Waals surface area contributed by atoms with Gasteiger partial charge in [0.15, 0.2) is 0 Å². The molecule has 1 heterocycles. The van der Waals surface area contributed by atoms with Crippen molar-refractivity contribution in [3.63, 3.8) is 0 Å². The standard InChI is InChI=1S/C16H22BN3O3/c18-10-13(3-1-2-7-17(22)23)16(21)20-15-5-4-14-11-19-8-6-12(14)9-15/h4-6,8-9,11,13,22-23H,1-3,7,10,18H2,(H,20,21)/t13-/m0/s1. The van der Waals surface area contributed by atoms with Gasteiger partial charge in [0, 0.05) is 30.0 Å². The molecule has 1 atom stereocenters. The molecule has 0 fully saturated rings. The lowest BCUT2D eigenvalue weighted by Crippen LogP contribution is -2.29. The van der Waals surface area contributed by atoms with Crippen LogP contribution in [-0.2, 0) is 4.79 Å². The fourth-order valence-corrected chi connectivity index (χ4v) is 2.48. The van der Waals surface area contributed by atoms with Crippen molar-refractivity contribution in [3.05, 3.63) is 36.7 Å². The number of aromatic nitrogens is 1. The van der Waals surface area contributed by atoms with Crippen LogP contribution in [0.1, 0.15) is 19.3 Å². The van der Waals surface area contributed by atoms with Crippen LogP contribution in [0.3, 0.4) is 0 Å². The maximum atomic E-state index is 12.3. The minimum atomic E-state index is -1.28. The molecule has 0 radical (unpaired) electrons. The summed E-state index contributed by atoms with van der Waals surface area (Å²) < 4.78 is 0. The fraction of sp³-hybridized carbons (Fsp3) is 0.375. The lowest BCUT2D eigenvalue weighted by Gasteiger charge is -2.15. The van der Waals surface area contributed by atoms with Crippen molar-refractivity contribution in [2.75, 3.05) is 11.9 Å². The van der Waals surface area contributed by atoms with Gasteiger partial charge in [0.25, 0.3) is 0 Å². The normalized spacial score (nSPS) is 12.1. The molecule has 0 unspecified atom stereocenters. The Morgan fingerprint density at radius 1 is 1.26 bits per heavy atom. The van der Waals surface area contributed by atoms with Crippen LogP contribution in [-0.4, -0.2) is 34.6 Å². The summed E-state index contributed by atoms with van der Waals surface area (Å²) in [6.07, 6.45) is 5.83. The van der Waals surface area contributed by atoms with Gasteiger partial charge >= 0.3 is 7.12 Å². The SMILES string of the molecule is NC[C@H](CCCCB(O)O)C(=O)Nc1ccc2cnccc2c1. The maximum Gasteiger partial charge on any atom is 0.451 e. The summed E-state index contributed by atoms with van der Waals surface area (Å²) in [6, 6.07) is 7.56. The van der Waals surface area contributed by atoms with Crippen LogP contribution in [0.15, 0.2) is 36.7 Å². The number of nitrogens with one attached hydrogen (secondary N) is 1. The third-order valence-corrected chi connectivity index (χ3v) is 3.83. The largest absolute Gasteiger partial charge is 0.451 e. The summed E-state index contributed by atoms with van der Waals surface area (Å²) in [5, 5.41) is 22.6. The molecule has 0 aliphatic rings. The Bertz CT molecular complexity index is 651. The molecule has 6 nitrogen and oxygen atoms in total. The Morgan fingerprint density at radius 3 is 2.83 bits per heavy atom. The highest BCUT2D eigenvalue weighted by Gasteiger charge is 2.17. The van der Waals surface area contributed by atoms with Crippen LogP contribution in [0.25, 0.3) is 10.8 Å². The van der Waals surface area contributed by atoms with Crippen LogP contribution < -0.4 is 11.1 Å². The van der Waals surface area contributed by atoms with Crippen molar-refractivity contribution in [2.45, 2.75) is 25.6 Å². The number of amides is 1. The van der Waals surface area contributed by atoms with Crippen molar-refractivity contribution < 1.29 is 14.8 Å². The van der Waals surface area contributed by atoms with Gasteiger partial charge in [-0.15, -0.1) is 0 Å². The van der Waals surface area contributed by atoms with E-state index in [0.29, 0.717) is 19.2 Å². The molecule has 23 heavy (non-hydrogen) atoms. The first kappa shape index (κ1) is 17.4. The summed E-state index contributed by atoms with van der Waals surface area (Å²) in [4.78, 5) is 16.4. The number of nitrogens with two attached hydrogens (primary N) is 1. The molecule has 0 saturated carbocycles. The molecule has 0 saturated heterocycles. The van der Waals surface area contributed by atoms with E-state index in [0.717, 1.165) is 22.9 Å². The van der Waals surface area contributed by atoms with Gasteiger partial charge in [0.2, 0.25) is 5.91 Å². The number of hydrogen-bond acceptors (Lipinski definition) is 5. The third-order valence-electron chi connectivity index (χ3n) is 3.83. The predicted octanol–water partition coefficient (Wildman–Crippen LogP) is 1.39. The molecule has 7 heteroatoms. The molecule has 5 N–H and O–H groups in total. The smallest absolute Gasteiger partial charge is 0.427 e. The Hall–Kier alpha value is -1.96. The van der Waals surface area contributed by atoms with E-state index in [4.69, 9.17) is 15.8 Å². The molecule has 0 spiro atoms. The summed E-state index contributed by atoms with van der Waals surface area (Å²) in [7, 11) is -1.28. The first-order valence-corrected chi connectivity index (χ1v) is 7.81. The van der Waals surface area contributed by atoms with Gasteiger partial charge in [0.05, 0.1) is 5.92 Å². The minimum Gasteiger partial charge on any atom is -0.427 e. The molecule has 1 aromatic carbocycles. The van der Waals surface area contributed by atoms with Gasteiger partial charge in [-0.25, -0.2) is 0 Å². The molecular weight excluding hydrogens is 293 g/mol. The Balaban J connectivity index is 1.92. The number of benzene rings is 1. The molecular formula is C16H22BN3O3. The van der Waals surface area contributed by atoms with E-state index in [1.807, 2.05) is 24.3 Å². The van der Waals surface area contributed by atoms with Gasteiger partial charge < -0.3 is 21.1 Å². The highest BCUT2D eigenvalue weighted by molar-refractivity contribution is 6.40. The van der Waals surface area contributed by atoms with E-state index in [1.54, 1.807) is 12.4 Å². The van der Waals surface area contributed by atoms with E-state index in [1.165, 1.54) is 0 Å². The summed E-state index contributed by atoms with van der Waals surface area (Å²) >= 11 is 0. The number of carbonyl (C=O) groups is 1. The van der Waals surface area contributed by atoms with Gasteiger partial charge in [-0.05, 0) is 36.3 Å². The van der Waals surface area contributed by atoms with Crippen molar-refractivity contribution >= 4 is 29.5 Å². The second kappa shape index (κ2) is 8.62. The molecule has 122 valence electrons. The zero-order valence-corrected chi connectivity index (χ0v) is 13.0. The molecule has 1 aromatic heterocycles. The van der Waals surface area contributed by atoms with Gasteiger partial charge in [-0.3, -0.25) is 9.78 Å². The molecule has 2 aromatic rings. The zero-order valence-electron chi connectivity index (χ0n) is 13.0. The second-order valence-corrected chi connectivity index (χ2v) is 5.62. The van der Waals surface area contributed by atoms with Crippen molar-refractivity contribution in [1.29, 1.82) is 0 Å². The summed E-state index contributed by atoms with van der Waals surface area (Å²) in [6.45, 7) is 0.269. The van der Waals surface area contributed by atoms with Crippen LogP contribution in [0.5, 0.6) is 0 Å². The zero-order chi connectivity index (χ0) is 16.7. The quantitative estimate of drug-likeness (QED) is 0.435. The molecule has 2 rings (SSSR count). The van der Waals surface area contributed by atoms with Crippen LogP contribution in [0.2, 0.25) is 6.32 Å². The van der Waals surface area contributed by atoms with Crippen molar-refractivity contribution in [1.82, 2.24) is 4.98 Å². The minimum absolute atomic E-state index is 0.106. The monoisotopic (exact) mass is 315 g/mol. The number of rotatable bonds is 8. The maximum absolute atomic E-state index is 12.3. The average Bonchev–Trinajstić information content (AvgIpc) is 2.54. The van der Waals surface area contributed by atoms with E-state index in [9.17, 15) is 4.79 Å². The van der Waals surface area contributed by atoms with Crippen molar-refractivity contribution in [2.24, 2.45) is 11.7 Å². The van der Waals surface area contributed by atoms with Crippen LogP contribution >= 0.6 is 0 Å². The number of unbranched alkanes of at least 4 members (excludes halogenated alkanes) is 1. The fourth-order valence-electron chi connectivity index (χ4n) is 2.48.